The maximum Gasteiger partial charge on any atom is 0.255 e. The first kappa shape index (κ1) is 16.4. The second-order valence-electron chi connectivity index (χ2n) is 6.53. The van der Waals surface area contributed by atoms with Gasteiger partial charge in [-0.15, -0.1) is 0 Å². The van der Waals surface area contributed by atoms with Gasteiger partial charge in [0.05, 0.1) is 7.11 Å². The predicted molar refractivity (Wildman–Crippen MR) is 98.1 cm³/mol. The van der Waals surface area contributed by atoms with Gasteiger partial charge in [-0.1, -0.05) is 13.0 Å². The van der Waals surface area contributed by atoms with E-state index in [0.29, 0.717) is 5.56 Å². The number of anilines is 2. The summed E-state index contributed by atoms with van der Waals surface area (Å²) in [6, 6.07) is 13.5. The summed E-state index contributed by atoms with van der Waals surface area (Å²) in [5, 5.41) is 2.94. The molecule has 126 valence electrons. The maximum atomic E-state index is 12.4. The molecule has 0 aliphatic carbocycles. The van der Waals surface area contributed by atoms with Crippen LogP contribution in [0.3, 0.4) is 0 Å². The Balaban J connectivity index is 1.68. The molecule has 1 heterocycles. The Morgan fingerprint density at radius 2 is 1.96 bits per heavy atom. The first-order valence-corrected chi connectivity index (χ1v) is 8.38. The van der Waals surface area contributed by atoms with Crippen LogP contribution in [0.5, 0.6) is 5.75 Å². The molecule has 0 radical (unpaired) electrons. The largest absolute Gasteiger partial charge is 0.496 e. The lowest BCUT2D eigenvalue weighted by Gasteiger charge is -2.18. The summed E-state index contributed by atoms with van der Waals surface area (Å²) >= 11 is 0. The molecule has 1 N–H and O–H groups in total. The van der Waals surface area contributed by atoms with Crippen LogP contribution in [-0.2, 0) is 0 Å². The fraction of sp³-hybridized carbons (Fsp3) is 0.350. The van der Waals surface area contributed by atoms with Gasteiger partial charge in [-0.25, -0.2) is 0 Å². The van der Waals surface area contributed by atoms with Gasteiger partial charge in [-0.05, 0) is 61.2 Å². The van der Waals surface area contributed by atoms with E-state index in [1.54, 1.807) is 13.2 Å². The molecule has 1 saturated heterocycles. The number of methoxy groups -OCH3 is 1. The highest BCUT2D eigenvalue weighted by Gasteiger charge is 2.18. The second-order valence-corrected chi connectivity index (χ2v) is 6.53. The molecule has 3 rings (SSSR count). The van der Waals surface area contributed by atoms with Crippen molar-refractivity contribution in [3.63, 3.8) is 0 Å². The van der Waals surface area contributed by atoms with Crippen molar-refractivity contribution in [1.29, 1.82) is 0 Å². The Labute approximate surface area is 143 Å². The average Bonchev–Trinajstić information content (AvgIpc) is 3.02. The van der Waals surface area contributed by atoms with Gasteiger partial charge in [0, 0.05) is 30.0 Å². The van der Waals surface area contributed by atoms with Crippen molar-refractivity contribution in [3.8, 4) is 5.75 Å². The van der Waals surface area contributed by atoms with Crippen LogP contribution in [0.1, 0.15) is 29.3 Å². The quantitative estimate of drug-likeness (QED) is 0.920. The third kappa shape index (κ3) is 3.53. The molecule has 1 aliphatic heterocycles. The van der Waals surface area contributed by atoms with Crippen LogP contribution < -0.4 is 15.0 Å². The summed E-state index contributed by atoms with van der Waals surface area (Å²) < 4.78 is 5.28. The van der Waals surface area contributed by atoms with Gasteiger partial charge in [0.25, 0.3) is 5.91 Å². The number of amides is 1. The van der Waals surface area contributed by atoms with E-state index >= 15 is 0 Å². The van der Waals surface area contributed by atoms with Crippen LogP contribution in [0.15, 0.2) is 42.5 Å². The molecule has 0 bridgehead atoms. The van der Waals surface area contributed by atoms with Crippen LogP contribution >= 0.6 is 0 Å². The number of ether oxygens (including phenoxy) is 1. The number of aryl methyl sites for hydroxylation is 1. The molecule has 1 amide bonds. The molecule has 24 heavy (non-hydrogen) atoms. The molecular formula is C20H24N2O2. The lowest BCUT2D eigenvalue weighted by Crippen LogP contribution is -2.19. The van der Waals surface area contributed by atoms with Gasteiger partial charge < -0.3 is 15.0 Å². The van der Waals surface area contributed by atoms with Gasteiger partial charge in [-0.2, -0.15) is 0 Å². The summed E-state index contributed by atoms with van der Waals surface area (Å²) in [6.07, 6.45) is 1.24. The number of carbonyl (C=O) groups excluding carboxylic acids is 1. The molecule has 4 nitrogen and oxygen atoms in total. The summed E-state index contributed by atoms with van der Waals surface area (Å²) in [7, 11) is 1.61. The monoisotopic (exact) mass is 324 g/mol. The standard InChI is InChI=1S/C20H24N2O2/c1-14-10-11-22(13-14)18-8-6-17(7-9-18)21-20(23)16-5-4-15(2)19(12-16)24-3/h4-9,12,14H,10-11,13H2,1-3H3,(H,21,23). The van der Waals surface area contributed by atoms with Crippen molar-refractivity contribution in [2.24, 2.45) is 5.92 Å². The van der Waals surface area contributed by atoms with E-state index in [4.69, 9.17) is 4.74 Å². The zero-order valence-corrected chi connectivity index (χ0v) is 14.5. The van der Waals surface area contributed by atoms with Gasteiger partial charge in [0.1, 0.15) is 5.75 Å². The molecule has 1 aliphatic rings. The summed E-state index contributed by atoms with van der Waals surface area (Å²) in [5.41, 5.74) is 3.62. The van der Waals surface area contributed by atoms with Crippen molar-refractivity contribution in [1.82, 2.24) is 0 Å². The van der Waals surface area contributed by atoms with Crippen molar-refractivity contribution in [2.75, 3.05) is 30.4 Å². The lowest BCUT2D eigenvalue weighted by molar-refractivity contribution is 0.102. The van der Waals surface area contributed by atoms with Crippen molar-refractivity contribution in [3.05, 3.63) is 53.6 Å². The first-order chi connectivity index (χ1) is 11.6. The van der Waals surface area contributed by atoms with Crippen molar-refractivity contribution < 1.29 is 9.53 Å². The van der Waals surface area contributed by atoms with E-state index in [2.05, 4.69) is 29.3 Å². The van der Waals surface area contributed by atoms with Gasteiger partial charge in [0.15, 0.2) is 0 Å². The minimum absolute atomic E-state index is 0.129. The fourth-order valence-corrected chi connectivity index (χ4v) is 3.09. The molecular weight excluding hydrogens is 300 g/mol. The molecule has 0 saturated carbocycles. The van der Waals surface area contributed by atoms with E-state index < -0.39 is 0 Å². The third-order valence-electron chi connectivity index (χ3n) is 4.58. The Morgan fingerprint density at radius 3 is 2.58 bits per heavy atom. The van der Waals surface area contributed by atoms with Crippen LogP contribution in [0.2, 0.25) is 0 Å². The van der Waals surface area contributed by atoms with Crippen LogP contribution in [0.4, 0.5) is 11.4 Å². The number of carbonyl (C=O) groups is 1. The smallest absolute Gasteiger partial charge is 0.255 e. The zero-order chi connectivity index (χ0) is 17.1. The molecule has 4 heteroatoms. The minimum Gasteiger partial charge on any atom is -0.496 e. The molecule has 0 aromatic heterocycles. The average molecular weight is 324 g/mol. The minimum atomic E-state index is -0.129. The van der Waals surface area contributed by atoms with Gasteiger partial charge in [-0.3, -0.25) is 4.79 Å². The van der Waals surface area contributed by atoms with Gasteiger partial charge >= 0.3 is 0 Å². The molecule has 2 aromatic carbocycles. The van der Waals surface area contributed by atoms with Crippen LogP contribution in [0, 0.1) is 12.8 Å². The molecule has 0 spiro atoms. The zero-order valence-electron chi connectivity index (χ0n) is 14.5. The van der Waals surface area contributed by atoms with E-state index in [1.807, 2.05) is 31.2 Å². The summed E-state index contributed by atoms with van der Waals surface area (Å²) in [5.74, 6) is 1.35. The topological polar surface area (TPSA) is 41.6 Å². The molecule has 1 unspecified atom stereocenters. The highest BCUT2D eigenvalue weighted by atomic mass is 16.5. The number of hydrogen-bond donors (Lipinski definition) is 1. The van der Waals surface area contributed by atoms with Crippen molar-refractivity contribution in [2.45, 2.75) is 20.3 Å². The first-order valence-electron chi connectivity index (χ1n) is 8.38. The SMILES string of the molecule is COc1cc(C(=O)Nc2ccc(N3CCC(C)C3)cc2)ccc1C. The summed E-state index contributed by atoms with van der Waals surface area (Å²) in [4.78, 5) is 14.8. The van der Waals surface area contributed by atoms with E-state index in [0.717, 1.165) is 36.0 Å². The van der Waals surface area contributed by atoms with E-state index in [1.165, 1.54) is 12.1 Å². The number of hydrogen-bond acceptors (Lipinski definition) is 3. The van der Waals surface area contributed by atoms with E-state index in [9.17, 15) is 4.79 Å². The van der Waals surface area contributed by atoms with Crippen molar-refractivity contribution >= 4 is 17.3 Å². The van der Waals surface area contributed by atoms with E-state index in [-0.39, 0.29) is 5.91 Å². The normalized spacial score (nSPS) is 17.0. The Bertz CT molecular complexity index is 725. The number of benzene rings is 2. The highest BCUT2D eigenvalue weighted by molar-refractivity contribution is 6.04. The molecule has 1 atom stereocenters. The summed E-state index contributed by atoms with van der Waals surface area (Å²) in [6.45, 7) is 6.45. The van der Waals surface area contributed by atoms with Crippen LogP contribution in [-0.4, -0.2) is 26.1 Å². The second kappa shape index (κ2) is 6.95. The number of rotatable bonds is 4. The predicted octanol–water partition coefficient (Wildman–Crippen LogP) is 4.10. The van der Waals surface area contributed by atoms with Gasteiger partial charge in [0.2, 0.25) is 0 Å². The Morgan fingerprint density at radius 1 is 1.21 bits per heavy atom. The Kier molecular flexibility index (Phi) is 4.74. The number of nitrogens with one attached hydrogen (secondary N) is 1. The highest BCUT2D eigenvalue weighted by Crippen LogP contribution is 2.25. The Hall–Kier alpha value is -2.49. The fourth-order valence-electron chi connectivity index (χ4n) is 3.09. The number of nitrogens with zero attached hydrogens (tertiary/aromatic N) is 1. The van der Waals surface area contributed by atoms with Crippen LogP contribution in [0.25, 0.3) is 0 Å². The lowest BCUT2D eigenvalue weighted by atomic mass is 10.1. The third-order valence-corrected chi connectivity index (χ3v) is 4.58. The molecule has 1 fully saturated rings. The molecule has 2 aromatic rings. The maximum absolute atomic E-state index is 12.4.